The minimum atomic E-state index is 0. The molecule has 0 saturated carbocycles. The number of rotatable bonds is 4. The SMILES string of the molecule is C.CCCc1ccccn1.CCc1cccnc1.CCc1ccncc1. The molecule has 3 aromatic rings. The zero-order chi connectivity index (χ0) is 18.2. The summed E-state index contributed by atoms with van der Waals surface area (Å²) in [5.41, 5.74) is 3.84. The van der Waals surface area contributed by atoms with Crippen molar-refractivity contribution in [2.24, 2.45) is 0 Å². The molecule has 0 aliphatic rings. The maximum absolute atomic E-state index is 4.17. The quantitative estimate of drug-likeness (QED) is 0.582. The normalized spacial score (nSPS) is 8.88. The van der Waals surface area contributed by atoms with E-state index >= 15 is 0 Å². The third-order valence-electron chi connectivity index (χ3n) is 3.52. The molecule has 0 spiro atoms. The summed E-state index contributed by atoms with van der Waals surface area (Å²) in [4.78, 5) is 12.0. The van der Waals surface area contributed by atoms with Gasteiger partial charge in [0, 0.05) is 36.7 Å². The molecule has 3 heterocycles. The lowest BCUT2D eigenvalue weighted by Gasteiger charge is -1.92. The van der Waals surface area contributed by atoms with Gasteiger partial charge in [0.05, 0.1) is 0 Å². The van der Waals surface area contributed by atoms with Crippen LogP contribution in [-0.4, -0.2) is 15.0 Å². The standard InChI is InChI=1S/C8H11N.2C7H9N.CH4/c1-2-5-8-6-3-4-7-9-8;1-2-7-3-5-8-6-4-7;1-2-7-4-3-5-8-6-7;/h3-4,6-7H,2,5H2,1H3;2*3-6H,2H2,1H3;1H4. The second-order valence-corrected chi connectivity index (χ2v) is 5.49. The van der Waals surface area contributed by atoms with E-state index in [1.54, 1.807) is 6.20 Å². The number of pyridine rings is 3. The molecule has 0 atom stereocenters. The van der Waals surface area contributed by atoms with Crippen LogP contribution >= 0.6 is 0 Å². The van der Waals surface area contributed by atoms with Crippen LogP contribution in [0.2, 0.25) is 0 Å². The fourth-order valence-electron chi connectivity index (χ4n) is 2.03. The summed E-state index contributed by atoms with van der Waals surface area (Å²) in [5.74, 6) is 0. The average molecular weight is 352 g/mol. The van der Waals surface area contributed by atoms with Crippen LogP contribution in [-0.2, 0) is 19.3 Å². The van der Waals surface area contributed by atoms with E-state index < -0.39 is 0 Å². The van der Waals surface area contributed by atoms with Crippen molar-refractivity contribution in [2.75, 3.05) is 0 Å². The van der Waals surface area contributed by atoms with Crippen molar-refractivity contribution in [3.05, 3.63) is 90.3 Å². The molecular formula is C23H33N3. The van der Waals surface area contributed by atoms with Gasteiger partial charge in [0.15, 0.2) is 0 Å². The van der Waals surface area contributed by atoms with Crippen molar-refractivity contribution in [2.45, 2.75) is 53.9 Å². The third kappa shape index (κ3) is 11.1. The molecule has 26 heavy (non-hydrogen) atoms. The van der Waals surface area contributed by atoms with Gasteiger partial charge in [-0.2, -0.15) is 0 Å². The molecule has 3 aromatic heterocycles. The van der Waals surface area contributed by atoms with Gasteiger partial charge in [-0.1, -0.05) is 46.8 Å². The zero-order valence-electron chi connectivity index (χ0n) is 15.6. The molecule has 0 fully saturated rings. The lowest BCUT2D eigenvalue weighted by Crippen LogP contribution is -1.84. The van der Waals surface area contributed by atoms with E-state index in [1.807, 2.05) is 55.1 Å². The highest BCUT2D eigenvalue weighted by Gasteiger charge is 1.86. The van der Waals surface area contributed by atoms with Gasteiger partial charge < -0.3 is 0 Å². The van der Waals surface area contributed by atoms with Gasteiger partial charge in [-0.05, 0) is 60.7 Å². The Balaban J connectivity index is 0.000000355. The van der Waals surface area contributed by atoms with E-state index in [0.717, 1.165) is 19.3 Å². The Bertz CT molecular complexity index is 601. The Labute approximate surface area is 159 Å². The summed E-state index contributed by atoms with van der Waals surface area (Å²) >= 11 is 0. The van der Waals surface area contributed by atoms with Gasteiger partial charge in [0.2, 0.25) is 0 Å². The predicted octanol–water partition coefficient (Wildman–Crippen LogP) is 5.96. The van der Waals surface area contributed by atoms with Crippen molar-refractivity contribution < 1.29 is 0 Å². The summed E-state index contributed by atoms with van der Waals surface area (Å²) in [7, 11) is 0. The monoisotopic (exact) mass is 351 g/mol. The van der Waals surface area contributed by atoms with Gasteiger partial charge in [0.1, 0.15) is 0 Å². The van der Waals surface area contributed by atoms with E-state index in [4.69, 9.17) is 0 Å². The second-order valence-electron chi connectivity index (χ2n) is 5.49. The molecule has 0 radical (unpaired) electrons. The van der Waals surface area contributed by atoms with Crippen molar-refractivity contribution in [3.63, 3.8) is 0 Å². The van der Waals surface area contributed by atoms with Crippen LogP contribution < -0.4 is 0 Å². The number of aryl methyl sites for hydroxylation is 3. The van der Waals surface area contributed by atoms with Crippen LogP contribution in [0.1, 0.15) is 51.4 Å². The largest absolute Gasteiger partial charge is 0.265 e. The highest BCUT2D eigenvalue weighted by molar-refractivity contribution is 5.08. The molecule has 0 bridgehead atoms. The molecule has 3 heteroatoms. The Hall–Kier alpha value is -2.55. The molecule has 0 unspecified atom stereocenters. The molecule has 0 aromatic carbocycles. The van der Waals surface area contributed by atoms with Gasteiger partial charge in [-0.3, -0.25) is 15.0 Å². The smallest absolute Gasteiger partial charge is 0.0403 e. The maximum atomic E-state index is 4.17. The first-order valence-corrected chi connectivity index (χ1v) is 8.97. The Morgan fingerprint density at radius 3 is 1.85 bits per heavy atom. The highest BCUT2D eigenvalue weighted by atomic mass is 14.7. The van der Waals surface area contributed by atoms with Crippen molar-refractivity contribution in [1.82, 2.24) is 15.0 Å². The number of nitrogens with zero attached hydrogens (tertiary/aromatic N) is 3. The van der Waals surface area contributed by atoms with Crippen molar-refractivity contribution in [3.8, 4) is 0 Å². The average Bonchev–Trinajstić information content (AvgIpc) is 2.71. The first-order valence-electron chi connectivity index (χ1n) is 8.97. The van der Waals surface area contributed by atoms with Crippen LogP contribution in [0.15, 0.2) is 73.4 Å². The van der Waals surface area contributed by atoms with E-state index in [2.05, 4.69) is 47.9 Å². The molecule has 3 nitrogen and oxygen atoms in total. The minimum absolute atomic E-state index is 0. The number of hydrogen-bond acceptors (Lipinski definition) is 3. The molecule has 0 amide bonds. The predicted molar refractivity (Wildman–Crippen MR) is 112 cm³/mol. The molecule has 0 N–H and O–H groups in total. The van der Waals surface area contributed by atoms with E-state index in [-0.39, 0.29) is 7.43 Å². The van der Waals surface area contributed by atoms with Crippen molar-refractivity contribution in [1.29, 1.82) is 0 Å². The van der Waals surface area contributed by atoms with E-state index in [9.17, 15) is 0 Å². The van der Waals surface area contributed by atoms with Crippen molar-refractivity contribution >= 4 is 0 Å². The van der Waals surface area contributed by atoms with E-state index in [1.165, 1.54) is 23.2 Å². The van der Waals surface area contributed by atoms with Gasteiger partial charge >= 0.3 is 0 Å². The fraction of sp³-hybridized carbons (Fsp3) is 0.348. The summed E-state index contributed by atoms with van der Waals surface area (Å²) in [5, 5.41) is 0. The molecule has 140 valence electrons. The Morgan fingerprint density at radius 2 is 1.42 bits per heavy atom. The summed E-state index contributed by atoms with van der Waals surface area (Å²) in [6, 6.07) is 14.1. The third-order valence-corrected chi connectivity index (χ3v) is 3.52. The summed E-state index contributed by atoms with van der Waals surface area (Å²) in [6.07, 6.45) is 13.6. The minimum Gasteiger partial charge on any atom is -0.265 e. The lowest BCUT2D eigenvalue weighted by molar-refractivity contribution is 0.883. The first kappa shape index (κ1) is 23.4. The number of aromatic nitrogens is 3. The first-order chi connectivity index (χ1) is 12.3. The molecular weight excluding hydrogens is 318 g/mol. The van der Waals surface area contributed by atoms with Crippen LogP contribution in [0.25, 0.3) is 0 Å². The van der Waals surface area contributed by atoms with Crippen LogP contribution in [0.5, 0.6) is 0 Å². The Kier molecular flexibility index (Phi) is 14.4. The Morgan fingerprint density at radius 1 is 0.692 bits per heavy atom. The molecule has 0 saturated heterocycles. The molecule has 0 aliphatic heterocycles. The molecule has 0 aliphatic carbocycles. The van der Waals surface area contributed by atoms with Crippen LogP contribution in [0.4, 0.5) is 0 Å². The molecule has 3 rings (SSSR count). The van der Waals surface area contributed by atoms with Gasteiger partial charge in [-0.25, -0.2) is 0 Å². The van der Waals surface area contributed by atoms with E-state index in [0.29, 0.717) is 0 Å². The summed E-state index contributed by atoms with van der Waals surface area (Å²) < 4.78 is 0. The topological polar surface area (TPSA) is 38.7 Å². The fourth-order valence-corrected chi connectivity index (χ4v) is 2.03. The van der Waals surface area contributed by atoms with Gasteiger partial charge in [-0.15, -0.1) is 0 Å². The second kappa shape index (κ2) is 15.9. The zero-order valence-corrected chi connectivity index (χ0v) is 15.6. The van der Waals surface area contributed by atoms with Crippen LogP contribution in [0, 0.1) is 0 Å². The van der Waals surface area contributed by atoms with Gasteiger partial charge in [0.25, 0.3) is 0 Å². The number of hydrogen-bond donors (Lipinski definition) is 0. The van der Waals surface area contributed by atoms with Crippen LogP contribution in [0.3, 0.4) is 0 Å². The highest BCUT2D eigenvalue weighted by Crippen LogP contribution is 1.96. The summed E-state index contributed by atoms with van der Waals surface area (Å²) in [6.45, 7) is 6.42. The maximum Gasteiger partial charge on any atom is 0.0403 e. The lowest BCUT2D eigenvalue weighted by atomic mass is 10.2.